The van der Waals surface area contributed by atoms with Crippen molar-refractivity contribution in [1.82, 2.24) is 4.90 Å². The molecule has 1 fully saturated rings. The summed E-state index contributed by atoms with van der Waals surface area (Å²) >= 11 is 0. The van der Waals surface area contributed by atoms with Crippen molar-refractivity contribution < 1.29 is 14.4 Å². The summed E-state index contributed by atoms with van der Waals surface area (Å²) in [6.45, 7) is 0.574. The molecule has 0 spiro atoms. The molecule has 2 amide bonds. The minimum absolute atomic E-state index is 0.0467. The van der Waals surface area contributed by atoms with Crippen LogP contribution in [0.3, 0.4) is 0 Å². The fourth-order valence-electron chi connectivity index (χ4n) is 1.47. The van der Waals surface area contributed by atoms with E-state index < -0.39 is 11.9 Å². The van der Waals surface area contributed by atoms with E-state index in [0.717, 1.165) is 0 Å². The second-order valence-corrected chi connectivity index (χ2v) is 3.66. The van der Waals surface area contributed by atoms with Gasteiger partial charge in [0.2, 0.25) is 11.8 Å². The SMILES string of the molecule is NC(=O)CC[C@H](N)C(=O)N1CCC(=O)C1. The Bertz CT molecular complexity index is 290. The Morgan fingerprint density at radius 2 is 2.13 bits per heavy atom. The van der Waals surface area contributed by atoms with Gasteiger partial charge in [-0.2, -0.15) is 0 Å². The molecule has 1 rings (SSSR count). The van der Waals surface area contributed by atoms with Crippen LogP contribution < -0.4 is 11.5 Å². The van der Waals surface area contributed by atoms with Gasteiger partial charge in [-0.1, -0.05) is 0 Å². The standard InChI is InChI=1S/C9H15N3O3/c10-7(1-2-8(11)14)9(15)12-4-3-6(13)5-12/h7H,1-5,10H2,(H2,11,14)/t7-/m0/s1. The van der Waals surface area contributed by atoms with Gasteiger partial charge in [0.15, 0.2) is 5.78 Å². The summed E-state index contributed by atoms with van der Waals surface area (Å²) in [5.41, 5.74) is 10.5. The highest BCUT2D eigenvalue weighted by Gasteiger charge is 2.27. The first kappa shape index (κ1) is 11.6. The third kappa shape index (κ3) is 3.32. The molecule has 0 bridgehead atoms. The molecule has 84 valence electrons. The molecule has 0 aromatic carbocycles. The summed E-state index contributed by atoms with van der Waals surface area (Å²) in [5, 5.41) is 0. The minimum Gasteiger partial charge on any atom is -0.370 e. The lowest BCUT2D eigenvalue weighted by Gasteiger charge is -2.18. The lowest BCUT2D eigenvalue weighted by atomic mass is 10.1. The summed E-state index contributed by atoms with van der Waals surface area (Å²) < 4.78 is 0. The van der Waals surface area contributed by atoms with Gasteiger partial charge >= 0.3 is 0 Å². The summed E-state index contributed by atoms with van der Waals surface area (Å²) in [7, 11) is 0. The molecule has 6 heteroatoms. The number of Topliss-reactive ketones (excluding diaryl/α,β-unsaturated/α-hetero) is 1. The first-order valence-electron chi connectivity index (χ1n) is 4.85. The van der Waals surface area contributed by atoms with Crippen molar-refractivity contribution in [3.8, 4) is 0 Å². The van der Waals surface area contributed by atoms with Gasteiger partial charge in [-0.3, -0.25) is 14.4 Å². The van der Waals surface area contributed by atoms with Crippen LogP contribution in [0.2, 0.25) is 0 Å². The number of amides is 2. The fraction of sp³-hybridized carbons (Fsp3) is 0.667. The quantitative estimate of drug-likeness (QED) is 0.585. The molecule has 1 aliphatic heterocycles. The number of nitrogens with two attached hydrogens (primary N) is 2. The smallest absolute Gasteiger partial charge is 0.239 e. The Balaban J connectivity index is 2.39. The molecule has 4 N–H and O–H groups in total. The topological polar surface area (TPSA) is 106 Å². The maximum atomic E-state index is 11.6. The van der Waals surface area contributed by atoms with Crippen molar-refractivity contribution in [3.63, 3.8) is 0 Å². The second kappa shape index (κ2) is 4.88. The molecule has 15 heavy (non-hydrogen) atoms. The van der Waals surface area contributed by atoms with E-state index in [2.05, 4.69) is 0 Å². The van der Waals surface area contributed by atoms with Gasteiger partial charge in [0.25, 0.3) is 0 Å². The van der Waals surface area contributed by atoms with Gasteiger partial charge in [0.05, 0.1) is 12.6 Å². The van der Waals surface area contributed by atoms with Gasteiger partial charge in [0, 0.05) is 19.4 Å². The number of likely N-dealkylation sites (tertiary alicyclic amines) is 1. The molecule has 1 atom stereocenters. The molecule has 0 unspecified atom stereocenters. The van der Waals surface area contributed by atoms with Crippen LogP contribution in [0.4, 0.5) is 0 Å². The van der Waals surface area contributed by atoms with Crippen molar-refractivity contribution >= 4 is 17.6 Å². The molecule has 1 heterocycles. The molecular weight excluding hydrogens is 198 g/mol. The predicted octanol–water partition coefficient (Wildman–Crippen LogP) is -1.62. The Hall–Kier alpha value is -1.43. The van der Waals surface area contributed by atoms with Crippen LogP contribution in [0.5, 0.6) is 0 Å². The van der Waals surface area contributed by atoms with Crippen LogP contribution >= 0.6 is 0 Å². The monoisotopic (exact) mass is 213 g/mol. The van der Waals surface area contributed by atoms with Gasteiger partial charge < -0.3 is 16.4 Å². The van der Waals surface area contributed by atoms with Crippen LogP contribution in [-0.2, 0) is 14.4 Å². The van der Waals surface area contributed by atoms with Crippen LogP contribution in [0, 0.1) is 0 Å². The van der Waals surface area contributed by atoms with Crippen LogP contribution in [0.15, 0.2) is 0 Å². The number of ketones is 1. The molecule has 0 radical (unpaired) electrons. The average molecular weight is 213 g/mol. The van der Waals surface area contributed by atoms with Crippen molar-refractivity contribution in [3.05, 3.63) is 0 Å². The van der Waals surface area contributed by atoms with Gasteiger partial charge in [-0.05, 0) is 6.42 Å². The van der Waals surface area contributed by atoms with Crippen molar-refractivity contribution in [1.29, 1.82) is 0 Å². The maximum absolute atomic E-state index is 11.6. The number of carbonyl (C=O) groups excluding carboxylic acids is 3. The van der Waals surface area contributed by atoms with E-state index in [1.54, 1.807) is 0 Å². The van der Waals surface area contributed by atoms with Crippen LogP contribution in [0.25, 0.3) is 0 Å². The van der Waals surface area contributed by atoms with Gasteiger partial charge in [-0.15, -0.1) is 0 Å². The Morgan fingerprint density at radius 3 is 2.60 bits per heavy atom. The largest absolute Gasteiger partial charge is 0.370 e. The number of primary amides is 1. The zero-order chi connectivity index (χ0) is 11.4. The maximum Gasteiger partial charge on any atom is 0.239 e. The molecule has 1 aliphatic rings. The lowest BCUT2D eigenvalue weighted by Crippen LogP contribution is -2.43. The van der Waals surface area contributed by atoms with Gasteiger partial charge in [-0.25, -0.2) is 0 Å². The molecule has 0 aromatic rings. The van der Waals surface area contributed by atoms with E-state index >= 15 is 0 Å². The summed E-state index contributed by atoms with van der Waals surface area (Å²) in [5.74, 6) is -0.705. The Morgan fingerprint density at radius 1 is 1.47 bits per heavy atom. The number of carbonyl (C=O) groups is 3. The normalized spacial score (nSPS) is 17.9. The predicted molar refractivity (Wildman–Crippen MR) is 52.6 cm³/mol. The number of hydrogen-bond acceptors (Lipinski definition) is 4. The number of nitrogens with zero attached hydrogens (tertiary/aromatic N) is 1. The highest BCUT2D eigenvalue weighted by Crippen LogP contribution is 2.07. The van der Waals surface area contributed by atoms with Crippen molar-refractivity contribution in [2.75, 3.05) is 13.1 Å². The van der Waals surface area contributed by atoms with Gasteiger partial charge in [0.1, 0.15) is 0 Å². The zero-order valence-corrected chi connectivity index (χ0v) is 8.44. The highest BCUT2D eigenvalue weighted by molar-refractivity contribution is 5.91. The minimum atomic E-state index is -0.733. The van der Waals surface area contributed by atoms with E-state index in [4.69, 9.17) is 11.5 Å². The number of hydrogen-bond donors (Lipinski definition) is 2. The third-order valence-corrected chi connectivity index (χ3v) is 2.36. The molecule has 0 saturated carbocycles. The molecular formula is C9H15N3O3. The molecule has 1 saturated heterocycles. The fourth-order valence-corrected chi connectivity index (χ4v) is 1.47. The van der Waals surface area contributed by atoms with Crippen molar-refractivity contribution in [2.45, 2.75) is 25.3 Å². The number of rotatable bonds is 4. The third-order valence-electron chi connectivity index (χ3n) is 2.36. The first-order chi connectivity index (χ1) is 7.00. The Labute approximate surface area is 87.6 Å². The first-order valence-corrected chi connectivity index (χ1v) is 4.85. The second-order valence-electron chi connectivity index (χ2n) is 3.66. The summed E-state index contributed by atoms with van der Waals surface area (Å²) in [4.78, 5) is 34.4. The zero-order valence-electron chi connectivity index (χ0n) is 8.44. The van der Waals surface area contributed by atoms with Crippen molar-refractivity contribution in [2.24, 2.45) is 11.5 Å². The molecule has 0 aromatic heterocycles. The van der Waals surface area contributed by atoms with E-state index in [1.165, 1.54) is 4.90 Å². The van der Waals surface area contributed by atoms with E-state index in [1.807, 2.05) is 0 Å². The lowest BCUT2D eigenvalue weighted by molar-refractivity contribution is -0.133. The average Bonchev–Trinajstić information content (AvgIpc) is 2.60. The summed E-state index contributed by atoms with van der Waals surface area (Å²) in [6.07, 6.45) is 0.724. The van der Waals surface area contributed by atoms with Crippen LogP contribution in [0.1, 0.15) is 19.3 Å². The van der Waals surface area contributed by atoms with E-state index in [-0.39, 0.29) is 31.1 Å². The highest BCUT2D eigenvalue weighted by atomic mass is 16.2. The van der Waals surface area contributed by atoms with Crippen LogP contribution in [-0.4, -0.2) is 41.6 Å². The van der Waals surface area contributed by atoms with E-state index in [9.17, 15) is 14.4 Å². The summed E-state index contributed by atoms with van der Waals surface area (Å²) in [6, 6.07) is -0.733. The van der Waals surface area contributed by atoms with E-state index in [0.29, 0.717) is 13.0 Å². The molecule has 6 nitrogen and oxygen atoms in total. The molecule has 0 aliphatic carbocycles. The Kier molecular flexibility index (Phi) is 3.79.